The minimum absolute atomic E-state index is 0.0667. The Morgan fingerprint density at radius 3 is 2.59 bits per heavy atom. The molecule has 0 bridgehead atoms. The molecule has 0 saturated heterocycles. The van der Waals surface area contributed by atoms with E-state index in [2.05, 4.69) is 11.9 Å². The summed E-state index contributed by atoms with van der Waals surface area (Å²) in [6.45, 7) is 5.88. The summed E-state index contributed by atoms with van der Waals surface area (Å²) in [5.41, 5.74) is 0.0905. The number of halogens is 4. The molecular weight excluding hydrogens is 251 g/mol. The van der Waals surface area contributed by atoms with Gasteiger partial charge in [0.2, 0.25) is 0 Å². The highest BCUT2D eigenvalue weighted by molar-refractivity contribution is 6.33. The van der Waals surface area contributed by atoms with E-state index in [1.54, 1.807) is 0 Å². The quantitative estimate of drug-likeness (QED) is 0.774. The van der Waals surface area contributed by atoms with Crippen LogP contribution in [0, 0.1) is 0 Å². The minimum atomic E-state index is -4.41. The number of benzene rings is 1. The first-order valence-corrected chi connectivity index (χ1v) is 5.44. The van der Waals surface area contributed by atoms with Crippen LogP contribution in [0.15, 0.2) is 30.4 Å². The summed E-state index contributed by atoms with van der Waals surface area (Å²) < 4.78 is 38.1. The van der Waals surface area contributed by atoms with Gasteiger partial charge in [0, 0.05) is 6.54 Å². The van der Waals surface area contributed by atoms with Gasteiger partial charge >= 0.3 is 6.18 Å². The third-order valence-electron chi connectivity index (χ3n) is 2.17. The van der Waals surface area contributed by atoms with Crippen LogP contribution < -0.4 is 5.32 Å². The second kappa shape index (κ2) is 5.45. The van der Waals surface area contributed by atoms with Gasteiger partial charge in [-0.3, -0.25) is 0 Å². The van der Waals surface area contributed by atoms with Gasteiger partial charge < -0.3 is 5.32 Å². The molecule has 0 unspecified atom stereocenters. The lowest BCUT2D eigenvalue weighted by molar-refractivity contribution is -0.136. The molecule has 1 aromatic carbocycles. The van der Waals surface area contributed by atoms with E-state index in [0.717, 1.165) is 11.6 Å². The predicted octanol–water partition coefficient (Wildman–Crippen LogP) is 4.74. The van der Waals surface area contributed by atoms with Crippen LogP contribution in [0.4, 0.5) is 18.9 Å². The van der Waals surface area contributed by atoms with Crippen LogP contribution in [0.2, 0.25) is 5.02 Å². The number of hydrogen-bond donors (Lipinski definition) is 1. The maximum atomic E-state index is 12.7. The molecule has 0 aromatic heterocycles. The molecule has 0 aliphatic rings. The SMILES string of the molecule is C=C(C)CCNc1c(Cl)cccc1C(F)(F)F. The fourth-order valence-electron chi connectivity index (χ4n) is 1.34. The molecule has 0 heterocycles. The van der Waals surface area contributed by atoms with Crippen LogP contribution in [0.25, 0.3) is 0 Å². The van der Waals surface area contributed by atoms with Gasteiger partial charge in [0.25, 0.3) is 0 Å². The number of para-hydroxylation sites is 1. The number of anilines is 1. The van der Waals surface area contributed by atoms with Crippen LogP contribution in [0.5, 0.6) is 0 Å². The first kappa shape index (κ1) is 13.9. The molecule has 0 spiro atoms. The lowest BCUT2D eigenvalue weighted by Gasteiger charge is -2.15. The first-order valence-electron chi connectivity index (χ1n) is 5.06. The second-order valence-corrected chi connectivity index (χ2v) is 4.20. The van der Waals surface area contributed by atoms with Crippen molar-refractivity contribution in [2.45, 2.75) is 19.5 Å². The Labute approximate surface area is 103 Å². The van der Waals surface area contributed by atoms with Crippen molar-refractivity contribution < 1.29 is 13.2 Å². The van der Waals surface area contributed by atoms with Gasteiger partial charge in [-0.25, -0.2) is 0 Å². The second-order valence-electron chi connectivity index (χ2n) is 3.79. The Bertz CT molecular complexity index is 413. The van der Waals surface area contributed by atoms with Crippen molar-refractivity contribution in [3.8, 4) is 0 Å². The fourth-order valence-corrected chi connectivity index (χ4v) is 1.58. The largest absolute Gasteiger partial charge is 0.418 e. The Hall–Kier alpha value is -1.16. The van der Waals surface area contributed by atoms with E-state index in [1.807, 2.05) is 6.92 Å². The summed E-state index contributed by atoms with van der Waals surface area (Å²) in [4.78, 5) is 0. The van der Waals surface area contributed by atoms with Crippen LogP contribution in [0.3, 0.4) is 0 Å². The van der Waals surface area contributed by atoms with Crippen LogP contribution >= 0.6 is 11.6 Å². The van der Waals surface area contributed by atoms with Crippen molar-refractivity contribution in [2.75, 3.05) is 11.9 Å². The van der Waals surface area contributed by atoms with E-state index < -0.39 is 11.7 Å². The highest BCUT2D eigenvalue weighted by atomic mass is 35.5. The Morgan fingerprint density at radius 2 is 2.06 bits per heavy atom. The number of nitrogens with one attached hydrogen (secondary N) is 1. The van der Waals surface area contributed by atoms with Gasteiger partial charge in [-0.05, 0) is 25.5 Å². The lowest BCUT2D eigenvalue weighted by atomic mass is 10.1. The van der Waals surface area contributed by atoms with Gasteiger partial charge in [0.1, 0.15) is 0 Å². The van der Waals surface area contributed by atoms with Crippen molar-refractivity contribution in [1.82, 2.24) is 0 Å². The number of alkyl halides is 3. The van der Waals surface area contributed by atoms with Crippen LogP contribution in [0.1, 0.15) is 18.9 Å². The third kappa shape index (κ3) is 3.97. The van der Waals surface area contributed by atoms with Gasteiger partial charge in [-0.15, -0.1) is 6.58 Å². The molecule has 1 nitrogen and oxygen atoms in total. The van der Waals surface area contributed by atoms with E-state index in [-0.39, 0.29) is 10.7 Å². The summed E-state index contributed by atoms with van der Waals surface area (Å²) in [6.07, 6.45) is -3.81. The molecule has 1 rings (SSSR count). The molecule has 17 heavy (non-hydrogen) atoms. The zero-order valence-corrected chi connectivity index (χ0v) is 10.1. The normalized spacial score (nSPS) is 11.4. The first-order chi connectivity index (χ1) is 7.82. The van der Waals surface area contributed by atoms with E-state index in [0.29, 0.717) is 13.0 Å². The summed E-state index contributed by atoms with van der Waals surface area (Å²) in [7, 11) is 0. The third-order valence-corrected chi connectivity index (χ3v) is 2.49. The highest BCUT2D eigenvalue weighted by Crippen LogP contribution is 2.38. The van der Waals surface area contributed by atoms with Gasteiger partial charge in [0.05, 0.1) is 16.3 Å². The van der Waals surface area contributed by atoms with Crippen LogP contribution in [-0.4, -0.2) is 6.54 Å². The van der Waals surface area contributed by atoms with Crippen molar-refractivity contribution in [2.24, 2.45) is 0 Å². The summed E-state index contributed by atoms with van der Waals surface area (Å²) in [5, 5.41) is 2.78. The topological polar surface area (TPSA) is 12.0 Å². The lowest BCUT2D eigenvalue weighted by Crippen LogP contribution is -2.12. The zero-order valence-electron chi connectivity index (χ0n) is 9.37. The van der Waals surface area contributed by atoms with Gasteiger partial charge in [-0.1, -0.05) is 23.2 Å². The Kier molecular flexibility index (Phi) is 4.46. The standard InChI is InChI=1S/C12H13ClF3N/c1-8(2)6-7-17-11-9(12(14,15)16)4-3-5-10(11)13/h3-5,17H,1,6-7H2,2H3. The molecule has 0 fully saturated rings. The van der Waals surface area contributed by atoms with Crippen molar-refractivity contribution in [3.05, 3.63) is 40.9 Å². The van der Waals surface area contributed by atoms with Crippen molar-refractivity contribution in [1.29, 1.82) is 0 Å². The molecule has 0 radical (unpaired) electrons. The predicted molar refractivity (Wildman–Crippen MR) is 64.4 cm³/mol. The molecule has 0 aliphatic carbocycles. The molecule has 94 valence electrons. The molecule has 0 amide bonds. The Balaban J connectivity index is 2.92. The van der Waals surface area contributed by atoms with Crippen molar-refractivity contribution in [3.63, 3.8) is 0 Å². The molecular formula is C12H13ClF3N. The molecule has 0 atom stereocenters. The Morgan fingerprint density at radius 1 is 1.41 bits per heavy atom. The van der Waals surface area contributed by atoms with Crippen molar-refractivity contribution >= 4 is 17.3 Å². The maximum Gasteiger partial charge on any atom is 0.418 e. The van der Waals surface area contributed by atoms with E-state index in [9.17, 15) is 13.2 Å². The van der Waals surface area contributed by atoms with E-state index in [4.69, 9.17) is 11.6 Å². The van der Waals surface area contributed by atoms with Crippen LogP contribution in [-0.2, 0) is 6.18 Å². The number of rotatable bonds is 4. The zero-order chi connectivity index (χ0) is 13.1. The summed E-state index contributed by atoms with van der Waals surface area (Å²) in [6, 6.07) is 3.73. The average Bonchev–Trinajstić information content (AvgIpc) is 2.18. The highest BCUT2D eigenvalue weighted by Gasteiger charge is 2.34. The molecule has 0 saturated carbocycles. The fraction of sp³-hybridized carbons (Fsp3) is 0.333. The average molecular weight is 264 g/mol. The van der Waals surface area contributed by atoms with E-state index >= 15 is 0 Å². The molecule has 1 N–H and O–H groups in total. The number of hydrogen-bond acceptors (Lipinski definition) is 1. The molecule has 5 heteroatoms. The minimum Gasteiger partial charge on any atom is -0.383 e. The van der Waals surface area contributed by atoms with Gasteiger partial charge in [-0.2, -0.15) is 13.2 Å². The monoisotopic (exact) mass is 263 g/mol. The summed E-state index contributed by atoms with van der Waals surface area (Å²) in [5.74, 6) is 0. The van der Waals surface area contributed by atoms with Gasteiger partial charge in [0.15, 0.2) is 0 Å². The molecule has 0 aliphatic heterocycles. The maximum absolute atomic E-state index is 12.7. The van der Waals surface area contributed by atoms with E-state index in [1.165, 1.54) is 12.1 Å². The smallest absolute Gasteiger partial charge is 0.383 e. The molecule has 1 aromatic rings. The summed E-state index contributed by atoms with van der Waals surface area (Å²) >= 11 is 5.77.